The molecule has 1 heterocycles. The number of nitrogens with two attached hydrogens (primary N) is 1. The fourth-order valence-corrected chi connectivity index (χ4v) is 1.54. The van der Waals surface area contributed by atoms with E-state index in [1.165, 1.54) is 20.0 Å². The number of nitrogens with one attached hydrogen (secondary N) is 1. The Balaban J connectivity index is 3.02. The third-order valence-corrected chi connectivity index (χ3v) is 4.84. The smallest absolute Gasteiger partial charge is 0.246 e. The lowest BCUT2D eigenvalue weighted by atomic mass is 10.2. The molecule has 0 bridgehead atoms. The van der Waals surface area contributed by atoms with Gasteiger partial charge in [0, 0.05) is 6.26 Å². The molecule has 0 radical (unpaired) electrons. The fourth-order valence-electron chi connectivity index (χ4n) is 1.15. The number of anilines is 2. The van der Waals surface area contributed by atoms with Crippen molar-refractivity contribution in [2.24, 2.45) is 0 Å². The summed E-state index contributed by atoms with van der Waals surface area (Å²) in [6.45, 7) is 4.43. The third-order valence-electron chi connectivity index (χ3n) is 2.81. The molecule has 0 aliphatic heterocycles. The number of amides is 1. The quantitative estimate of drug-likeness (QED) is 0.844. The maximum atomic E-state index is 12.0. The van der Waals surface area contributed by atoms with E-state index < -0.39 is 20.5 Å². The Kier molecular flexibility index (Phi) is 3.66. The molecule has 100 valence electrons. The number of hydrogen-bond donors (Lipinski definition) is 2. The number of sulfone groups is 1. The van der Waals surface area contributed by atoms with Crippen molar-refractivity contribution in [3.8, 4) is 0 Å². The van der Waals surface area contributed by atoms with Crippen molar-refractivity contribution in [1.82, 2.24) is 4.98 Å². The van der Waals surface area contributed by atoms with Gasteiger partial charge in [0.25, 0.3) is 0 Å². The number of aromatic nitrogens is 1. The Morgan fingerprint density at radius 3 is 2.44 bits per heavy atom. The van der Waals surface area contributed by atoms with E-state index in [0.717, 1.165) is 6.26 Å². The summed E-state index contributed by atoms with van der Waals surface area (Å²) in [5.74, 6) is -0.309. The Bertz CT molecular complexity index is 579. The highest BCUT2D eigenvalue weighted by Crippen LogP contribution is 2.20. The maximum absolute atomic E-state index is 12.0. The van der Waals surface area contributed by atoms with Crippen LogP contribution in [0.1, 0.15) is 19.4 Å². The molecule has 0 spiro atoms. The molecule has 1 aromatic heterocycles. The lowest BCUT2D eigenvalue weighted by Crippen LogP contribution is -2.44. The van der Waals surface area contributed by atoms with Gasteiger partial charge in [0.15, 0.2) is 9.84 Å². The predicted molar refractivity (Wildman–Crippen MR) is 70.9 cm³/mol. The van der Waals surface area contributed by atoms with Gasteiger partial charge in [-0.25, -0.2) is 13.4 Å². The van der Waals surface area contributed by atoms with Gasteiger partial charge in [-0.05, 0) is 32.4 Å². The lowest BCUT2D eigenvalue weighted by molar-refractivity contribution is -0.117. The van der Waals surface area contributed by atoms with Crippen molar-refractivity contribution in [1.29, 1.82) is 0 Å². The van der Waals surface area contributed by atoms with Gasteiger partial charge in [0.1, 0.15) is 10.6 Å². The van der Waals surface area contributed by atoms with Crippen LogP contribution in [-0.4, -0.2) is 30.3 Å². The van der Waals surface area contributed by atoms with E-state index in [1.807, 2.05) is 0 Å². The van der Waals surface area contributed by atoms with E-state index in [9.17, 15) is 13.2 Å². The standard InChI is InChI=1S/C11H17N3O3S/c1-7-5-8(12)6-13-9(7)14-10(15)11(2,3)18(4,16)17/h5-6H,12H2,1-4H3,(H,13,14,15). The van der Waals surface area contributed by atoms with E-state index in [-0.39, 0.29) is 0 Å². The highest BCUT2D eigenvalue weighted by Gasteiger charge is 2.38. The first kappa shape index (κ1) is 14.4. The van der Waals surface area contributed by atoms with Gasteiger partial charge < -0.3 is 11.1 Å². The summed E-state index contributed by atoms with van der Waals surface area (Å²) in [5.41, 5.74) is 6.70. The van der Waals surface area contributed by atoms with Crippen LogP contribution in [0.3, 0.4) is 0 Å². The largest absolute Gasteiger partial charge is 0.397 e. The van der Waals surface area contributed by atoms with Gasteiger partial charge >= 0.3 is 0 Å². The first-order valence-electron chi connectivity index (χ1n) is 5.29. The molecule has 0 saturated heterocycles. The molecule has 6 nitrogen and oxygen atoms in total. The fraction of sp³-hybridized carbons (Fsp3) is 0.455. The zero-order valence-electron chi connectivity index (χ0n) is 10.8. The number of aryl methyl sites for hydroxylation is 1. The monoisotopic (exact) mass is 271 g/mol. The molecule has 1 aromatic rings. The molecule has 0 atom stereocenters. The number of nitrogens with zero attached hydrogens (tertiary/aromatic N) is 1. The van der Waals surface area contributed by atoms with Crippen LogP contribution in [0.15, 0.2) is 12.3 Å². The summed E-state index contributed by atoms with van der Waals surface area (Å²) in [6, 6.07) is 1.65. The van der Waals surface area contributed by atoms with Crippen molar-refractivity contribution in [3.05, 3.63) is 17.8 Å². The summed E-state index contributed by atoms with van der Waals surface area (Å²) >= 11 is 0. The van der Waals surface area contributed by atoms with Gasteiger partial charge in [-0.3, -0.25) is 4.79 Å². The van der Waals surface area contributed by atoms with Crippen LogP contribution in [-0.2, 0) is 14.6 Å². The summed E-state index contributed by atoms with van der Waals surface area (Å²) in [7, 11) is -3.51. The molecule has 0 saturated carbocycles. The van der Waals surface area contributed by atoms with Crippen LogP contribution in [0.4, 0.5) is 11.5 Å². The topological polar surface area (TPSA) is 102 Å². The van der Waals surface area contributed by atoms with Crippen molar-refractivity contribution in [3.63, 3.8) is 0 Å². The normalized spacial score (nSPS) is 12.2. The molecule has 0 unspecified atom stereocenters. The minimum atomic E-state index is -3.51. The molecule has 0 aliphatic carbocycles. The number of carbonyl (C=O) groups excluding carboxylic acids is 1. The summed E-state index contributed by atoms with van der Waals surface area (Å²) in [6.07, 6.45) is 2.42. The Labute approximate surface area is 107 Å². The van der Waals surface area contributed by atoms with Crippen LogP contribution in [0.2, 0.25) is 0 Å². The predicted octanol–water partition coefficient (Wildman–Crippen LogP) is 0.734. The van der Waals surface area contributed by atoms with E-state index in [0.29, 0.717) is 17.1 Å². The molecule has 3 N–H and O–H groups in total. The number of carbonyl (C=O) groups is 1. The zero-order chi connectivity index (χ0) is 14.1. The van der Waals surface area contributed by atoms with Crippen molar-refractivity contribution in [2.75, 3.05) is 17.3 Å². The van der Waals surface area contributed by atoms with Crippen LogP contribution >= 0.6 is 0 Å². The summed E-state index contributed by atoms with van der Waals surface area (Å²) < 4.78 is 21.5. The van der Waals surface area contributed by atoms with E-state index in [4.69, 9.17) is 5.73 Å². The zero-order valence-corrected chi connectivity index (χ0v) is 11.6. The molecule has 0 fully saturated rings. The van der Waals surface area contributed by atoms with Crippen LogP contribution in [0.25, 0.3) is 0 Å². The number of hydrogen-bond acceptors (Lipinski definition) is 5. The molecule has 1 amide bonds. The van der Waals surface area contributed by atoms with Crippen molar-refractivity contribution >= 4 is 27.2 Å². The van der Waals surface area contributed by atoms with E-state index >= 15 is 0 Å². The Hall–Kier alpha value is -1.63. The van der Waals surface area contributed by atoms with E-state index in [1.54, 1.807) is 13.0 Å². The minimum Gasteiger partial charge on any atom is -0.397 e. The lowest BCUT2D eigenvalue weighted by Gasteiger charge is -2.21. The molecule has 0 aliphatic rings. The average Bonchev–Trinajstić information content (AvgIpc) is 2.20. The minimum absolute atomic E-state index is 0.311. The SMILES string of the molecule is Cc1cc(N)cnc1NC(=O)C(C)(C)S(C)(=O)=O. The van der Waals surface area contributed by atoms with Gasteiger partial charge in [0.05, 0.1) is 11.9 Å². The second kappa shape index (κ2) is 4.56. The Morgan fingerprint density at radius 1 is 1.44 bits per heavy atom. The second-order valence-electron chi connectivity index (χ2n) is 4.67. The summed E-state index contributed by atoms with van der Waals surface area (Å²) in [4.78, 5) is 15.9. The van der Waals surface area contributed by atoms with Gasteiger partial charge in [-0.15, -0.1) is 0 Å². The van der Waals surface area contributed by atoms with Crippen molar-refractivity contribution < 1.29 is 13.2 Å². The number of nitrogen functional groups attached to an aromatic ring is 1. The number of rotatable bonds is 3. The highest BCUT2D eigenvalue weighted by molar-refractivity contribution is 7.92. The van der Waals surface area contributed by atoms with Crippen LogP contribution in [0, 0.1) is 6.92 Å². The molecule has 1 rings (SSSR count). The van der Waals surface area contributed by atoms with Crippen LogP contribution < -0.4 is 11.1 Å². The Morgan fingerprint density at radius 2 is 2.00 bits per heavy atom. The highest BCUT2D eigenvalue weighted by atomic mass is 32.2. The molecule has 0 aromatic carbocycles. The van der Waals surface area contributed by atoms with Gasteiger partial charge in [0.2, 0.25) is 5.91 Å². The first-order chi connectivity index (χ1) is 8.05. The van der Waals surface area contributed by atoms with Crippen LogP contribution in [0.5, 0.6) is 0 Å². The van der Waals surface area contributed by atoms with Gasteiger partial charge in [-0.1, -0.05) is 0 Å². The van der Waals surface area contributed by atoms with Crippen molar-refractivity contribution in [2.45, 2.75) is 25.5 Å². The molecular formula is C11H17N3O3S. The molecule has 18 heavy (non-hydrogen) atoms. The molecule has 7 heteroatoms. The third kappa shape index (κ3) is 2.79. The average molecular weight is 271 g/mol. The molecular weight excluding hydrogens is 254 g/mol. The van der Waals surface area contributed by atoms with E-state index in [2.05, 4.69) is 10.3 Å². The number of pyridine rings is 1. The first-order valence-corrected chi connectivity index (χ1v) is 7.18. The summed E-state index contributed by atoms with van der Waals surface area (Å²) in [5, 5.41) is 2.50. The second-order valence-corrected chi connectivity index (χ2v) is 7.24. The van der Waals surface area contributed by atoms with Gasteiger partial charge in [-0.2, -0.15) is 0 Å². The maximum Gasteiger partial charge on any atom is 0.246 e.